The Bertz CT molecular complexity index is 508. The van der Waals surface area contributed by atoms with Crippen molar-refractivity contribution in [3.63, 3.8) is 0 Å². The van der Waals surface area contributed by atoms with Crippen molar-refractivity contribution < 1.29 is 19.1 Å². The van der Waals surface area contributed by atoms with E-state index in [1.165, 1.54) is 13.0 Å². The van der Waals surface area contributed by atoms with E-state index in [9.17, 15) is 14.0 Å². The van der Waals surface area contributed by atoms with Gasteiger partial charge in [0, 0.05) is 5.69 Å². The van der Waals surface area contributed by atoms with Gasteiger partial charge >= 0.3 is 5.97 Å². The van der Waals surface area contributed by atoms with E-state index < -0.39 is 23.6 Å². The van der Waals surface area contributed by atoms with Crippen molar-refractivity contribution in [3.8, 4) is 6.07 Å². The lowest BCUT2D eigenvalue weighted by molar-refractivity contribution is -0.144. The van der Waals surface area contributed by atoms with E-state index in [-0.39, 0.29) is 11.3 Å². The zero-order chi connectivity index (χ0) is 13.0. The number of benzene rings is 1. The summed E-state index contributed by atoms with van der Waals surface area (Å²) in [7, 11) is 0. The Hall–Kier alpha value is -2.42. The quantitative estimate of drug-likeness (QED) is 0.775. The van der Waals surface area contributed by atoms with Crippen LogP contribution in [0.25, 0.3) is 0 Å². The van der Waals surface area contributed by atoms with Crippen LogP contribution in [0.15, 0.2) is 18.2 Å². The first-order valence-corrected chi connectivity index (χ1v) is 4.69. The van der Waals surface area contributed by atoms with E-state index in [4.69, 9.17) is 10.4 Å². The molecule has 0 spiro atoms. The molecule has 0 saturated carbocycles. The molecule has 0 bridgehead atoms. The van der Waals surface area contributed by atoms with Crippen molar-refractivity contribution in [3.05, 3.63) is 29.6 Å². The molecule has 0 aliphatic carbocycles. The molecule has 0 radical (unpaired) electrons. The summed E-state index contributed by atoms with van der Waals surface area (Å²) in [4.78, 5) is 21.9. The number of carboxylic acids is 1. The van der Waals surface area contributed by atoms with Gasteiger partial charge in [0.1, 0.15) is 17.8 Å². The molecule has 88 valence electrons. The summed E-state index contributed by atoms with van der Waals surface area (Å²) in [5.41, 5.74) is -0.0353. The number of hydrogen-bond donors (Lipinski definition) is 2. The highest BCUT2D eigenvalue weighted by molar-refractivity contribution is 6.03. The molecule has 1 aromatic carbocycles. The van der Waals surface area contributed by atoms with Crippen LogP contribution >= 0.6 is 0 Å². The molecule has 0 saturated heterocycles. The number of anilines is 1. The second-order valence-electron chi connectivity index (χ2n) is 3.36. The van der Waals surface area contributed by atoms with Crippen molar-refractivity contribution in [1.29, 1.82) is 5.26 Å². The summed E-state index contributed by atoms with van der Waals surface area (Å²) >= 11 is 0. The molecule has 1 amide bonds. The summed E-state index contributed by atoms with van der Waals surface area (Å²) in [6.45, 7) is 1.23. The molecule has 6 heteroatoms. The highest BCUT2D eigenvalue weighted by Crippen LogP contribution is 2.14. The fourth-order valence-corrected chi connectivity index (χ4v) is 1.05. The van der Waals surface area contributed by atoms with Gasteiger partial charge in [-0.3, -0.25) is 9.59 Å². The van der Waals surface area contributed by atoms with Gasteiger partial charge in [-0.15, -0.1) is 0 Å². The van der Waals surface area contributed by atoms with Crippen LogP contribution in [0.5, 0.6) is 0 Å². The average Bonchev–Trinajstić information content (AvgIpc) is 2.30. The van der Waals surface area contributed by atoms with Crippen LogP contribution in [-0.2, 0) is 9.59 Å². The molecule has 2 N–H and O–H groups in total. The Balaban J connectivity index is 2.87. The molecular formula is C11H9FN2O3. The van der Waals surface area contributed by atoms with Crippen molar-refractivity contribution in [1.82, 2.24) is 0 Å². The summed E-state index contributed by atoms with van der Waals surface area (Å²) in [5.74, 6) is -3.90. The average molecular weight is 236 g/mol. The molecule has 1 aromatic rings. The third-order valence-electron chi connectivity index (χ3n) is 2.12. The molecule has 0 heterocycles. The van der Waals surface area contributed by atoms with Gasteiger partial charge in [-0.05, 0) is 25.1 Å². The van der Waals surface area contributed by atoms with E-state index >= 15 is 0 Å². The van der Waals surface area contributed by atoms with E-state index in [0.29, 0.717) is 0 Å². The van der Waals surface area contributed by atoms with Crippen LogP contribution in [0.4, 0.5) is 10.1 Å². The Labute approximate surface area is 96.5 Å². The van der Waals surface area contributed by atoms with Gasteiger partial charge in [0.2, 0.25) is 5.91 Å². The first-order chi connectivity index (χ1) is 7.95. The first kappa shape index (κ1) is 12.6. The number of rotatable bonds is 3. The largest absolute Gasteiger partial charge is 0.481 e. The number of halogens is 1. The minimum absolute atomic E-state index is 0.182. The maximum Gasteiger partial charge on any atom is 0.315 e. The van der Waals surface area contributed by atoms with Gasteiger partial charge in [-0.2, -0.15) is 5.26 Å². The molecule has 1 rings (SSSR count). The Kier molecular flexibility index (Phi) is 3.78. The molecule has 1 unspecified atom stereocenters. The van der Waals surface area contributed by atoms with Crippen LogP contribution < -0.4 is 5.32 Å². The minimum Gasteiger partial charge on any atom is -0.481 e. The van der Waals surface area contributed by atoms with Crippen molar-refractivity contribution in [2.45, 2.75) is 6.92 Å². The zero-order valence-corrected chi connectivity index (χ0v) is 8.90. The summed E-state index contributed by atoms with van der Waals surface area (Å²) in [6, 6.07) is 5.04. The Morgan fingerprint density at radius 3 is 2.71 bits per heavy atom. The summed E-state index contributed by atoms with van der Waals surface area (Å²) in [5, 5.41) is 19.5. The van der Waals surface area contributed by atoms with Gasteiger partial charge in [0.05, 0.1) is 5.56 Å². The fourth-order valence-electron chi connectivity index (χ4n) is 1.05. The van der Waals surface area contributed by atoms with Gasteiger partial charge in [-0.25, -0.2) is 4.39 Å². The topological polar surface area (TPSA) is 90.2 Å². The molecular weight excluding hydrogens is 227 g/mol. The molecule has 0 aliphatic rings. The van der Waals surface area contributed by atoms with Crippen molar-refractivity contribution in [2.24, 2.45) is 5.92 Å². The van der Waals surface area contributed by atoms with Crippen LogP contribution in [0, 0.1) is 23.1 Å². The molecule has 0 aromatic heterocycles. The number of nitrogens with zero attached hydrogens (tertiary/aromatic N) is 1. The second kappa shape index (κ2) is 5.07. The van der Waals surface area contributed by atoms with Gasteiger partial charge in [-0.1, -0.05) is 0 Å². The maximum absolute atomic E-state index is 13.0. The minimum atomic E-state index is -1.26. The molecule has 0 fully saturated rings. The Morgan fingerprint density at radius 1 is 1.53 bits per heavy atom. The number of amides is 1. The van der Waals surface area contributed by atoms with Crippen molar-refractivity contribution >= 4 is 17.6 Å². The molecule has 0 aliphatic heterocycles. The number of nitriles is 1. The fraction of sp³-hybridized carbons (Fsp3) is 0.182. The first-order valence-electron chi connectivity index (χ1n) is 4.69. The Morgan fingerprint density at radius 2 is 2.18 bits per heavy atom. The van der Waals surface area contributed by atoms with Gasteiger partial charge < -0.3 is 10.4 Å². The monoisotopic (exact) mass is 236 g/mol. The number of aliphatic carboxylic acids is 1. The van der Waals surface area contributed by atoms with Gasteiger partial charge in [0.15, 0.2) is 0 Å². The smallest absolute Gasteiger partial charge is 0.315 e. The third kappa shape index (κ3) is 3.01. The van der Waals surface area contributed by atoms with Crippen LogP contribution in [0.1, 0.15) is 12.5 Å². The number of carbonyl (C=O) groups is 2. The van der Waals surface area contributed by atoms with Crippen LogP contribution in [0.3, 0.4) is 0 Å². The SMILES string of the molecule is CC(C(=O)O)C(=O)Nc1ccc(F)c(C#N)c1. The summed E-state index contributed by atoms with van der Waals surface area (Å²) in [6.07, 6.45) is 0. The maximum atomic E-state index is 13.0. The second-order valence-corrected chi connectivity index (χ2v) is 3.36. The lowest BCUT2D eigenvalue weighted by Gasteiger charge is -2.08. The van der Waals surface area contributed by atoms with E-state index in [1.54, 1.807) is 6.07 Å². The lowest BCUT2D eigenvalue weighted by Crippen LogP contribution is -2.26. The highest BCUT2D eigenvalue weighted by atomic mass is 19.1. The molecule has 17 heavy (non-hydrogen) atoms. The van der Waals surface area contributed by atoms with Gasteiger partial charge in [0.25, 0.3) is 0 Å². The molecule has 5 nitrogen and oxygen atoms in total. The standard InChI is InChI=1S/C11H9FN2O3/c1-6(11(16)17)10(15)14-8-2-3-9(12)7(4-8)5-13/h2-4,6H,1H3,(H,14,15)(H,16,17). The van der Waals surface area contributed by atoms with E-state index in [0.717, 1.165) is 12.1 Å². The number of carbonyl (C=O) groups excluding carboxylic acids is 1. The number of nitrogens with one attached hydrogen (secondary N) is 1. The third-order valence-corrected chi connectivity index (χ3v) is 2.12. The normalized spacial score (nSPS) is 11.4. The zero-order valence-electron chi connectivity index (χ0n) is 8.90. The number of hydrogen-bond acceptors (Lipinski definition) is 3. The van der Waals surface area contributed by atoms with Crippen LogP contribution in [0.2, 0.25) is 0 Å². The van der Waals surface area contributed by atoms with Crippen LogP contribution in [-0.4, -0.2) is 17.0 Å². The highest BCUT2D eigenvalue weighted by Gasteiger charge is 2.20. The predicted molar refractivity (Wildman–Crippen MR) is 56.5 cm³/mol. The van der Waals surface area contributed by atoms with E-state index in [1.807, 2.05) is 0 Å². The van der Waals surface area contributed by atoms with E-state index in [2.05, 4.69) is 5.32 Å². The predicted octanol–water partition coefficient (Wildman–Crippen LogP) is 1.36. The molecule has 1 atom stereocenters. The number of carboxylic acid groups (broad SMARTS) is 1. The van der Waals surface area contributed by atoms with Crippen molar-refractivity contribution in [2.75, 3.05) is 5.32 Å². The lowest BCUT2D eigenvalue weighted by atomic mass is 10.1. The summed E-state index contributed by atoms with van der Waals surface area (Å²) < 4.78 is 13.0.